The molecule has 3 heterocycles. The Morgan fingerprint density at radius 1 is 1.16 bits per heavy atom. The zero-order valence-corrected chi connectivity index (χ0v) is 18.2. The molecule has 162 valence electrons. The van der Waals surface area contributed by atoms with E-state index in [-0.39, 0.29) is 15.6 Å². The Kier molecular flexibility index (Phi) is 4.83. The molecule has 0 radical (unpaired) electrons. The number of imidazole rings is 1. The molecule has 0 aliphatic carbocycles. The Balaban J connectivity index is 1.67. The smallest absolute Gasteiger partial charge is 0.270 e. The summed E-state index contributed by atoms with van der Waals surface area (Å²) in [6.07, 6.45) is 4.58. The van der Waals surface area contributed by atoms with Crippen LogP contribution in [0.3, 0.4) is 0 Å². The van der Waals surface area contributed by atoms with E-state index < -0.39 is 21.9 Å². The number of nitrogens with zero attached hydrogens (tertiary/aromatic N) is 4. The number of H-pyrrole nitrogens is 1. The number of aromatic amines is 1. The summed E-state index contributed by atoms with van der Waals surface area (Å²) < 4.78 is 42.5. The second-order valence-electron chi connectivity index (χ2n) is 7.17. The summed E-state index contributed by atoms with van der Waals surface area (Å²) in [4.78, 5) is 15.4. The summed E-state index contributed by atoms with van der Waals surface area (Å²) in [6.45, 7) is 1.79. The zero-order valence-electron chi connectivity index (χ0n) is 16.6. The minimum absolute atomic E-state index is 0.0279. The van der Waals surface area contributed by atoms with Crippen molar-refractivity contribution in [2.45, 2.75) is 17.9 Å². The number of hydrogen-bond acceptors (Lipinski definition) is 6. The fraction of sp³-hybridized carbons (Fsp3) is 0.0952. The van der Waals surface area contributed by atoms with Gasteiger partial charge in [-0.3, -0.25) is 0 Å². The molecule has 1 unspecified atom stereocenters. The van der Waals surface area contributed by atoms with Crippen LogP contribution in [0, 0.1) is 5.82 Å². The first-order valence-electron chi connectivity index (χ1n) is 9.58. The van der Waals surface area contributed by atoms with Crippen LogP contribution >= 0.6 is 11.6 Å². The molecule has 0 spiro atoms. The fourth-order valence-corrected chi connectivity index (χ4v) is 5.98. The standard InChI is InChI=1S/C21H16ClFN6O2S/c1-12(28-21-18-20(25-10-24-18)26-11-27-21)17-8-13-4-2-7-16(22)19(13)32(30,31)29(17)15-6-3-5-14(23)9-15/h2-12H,1H3,(H2,24,25,26,27,28). The van der Waals surface area contributed by atoms with Crippen molar-refractivity contribution in [3.05, 3.63) is 77.2 Å². The predicted molar refractivity (Wildman–Crippen MR) is 120 cm³/mol. The highest BCUT2D eigenvalue weighted by Gasteiger charge is 2.37. The maximum Gasteiger partial charge on any atom is 0.270 e. The van der Waals surface area contributed by atoms with E-state index in [1.807, 2.05) is 0 Å². The van der Waals surface area contributed by atoms with E-state index in [4.69, 9.17) is 11.6 Å². The maximum atomic E-state index is 14.1. The normalized spacial score (nSPS) is 15.8. The lowest BCUT2D eigenvalue weighted by molar-refractivity contribution is 0.591. The first-order valence-corrected chi connectivity index (χ1v) is 11.4. The van der Waals surface area contributed by atoms with Gasteiger partial charge in [0.15, 0.2) is 11.5 Å². The molecule has 8 nitrogen and oxygen atoms in total. The quantitative estimate of drug-likeness (QED) is 0.463. The molecule has 2 N–H and O–H groups in total. The molecule has 0 bridgehead atoms. The Labute approximate surface area is 187 Å². The number of rotatable bonds is 4. The van der Waals surface area contributed by atoms with Gasteiger partial charge in [-0.1, -0.05) is 29.8 Å². The van der Waals surface area contributed by atoms with Crippen molar-refractivity contribution >= 4 is 50.4 Å². The molecule has 0 saturated heterocycles. The number of benzene rings is 2. The van der Waals surface area contributed by atoms with Crippen molar-refractivity contribution in [3.63, 3.8) is 0 Å². The van der Waals surface area contributed by atoms with Gasteiger partial charge in [0.05, 0.1) is 28.8 Å². The first kappa shape index (κ1) is 20.4. The lowest BCUT2D eigenvalue weighted by atomic mass is 10.1. The molecule has 1 atom stereocenters. The van der Waals surface area contributed by atoms with Gasteiger partial charge < -0.3 is 10.3 Å². The van der Waals surface area contributed by atoms with E-state index >= 15 is 0 Å². The number of nitrogens with one attached hydrogen (secondary N) is 2. The van der Waals surface area contributed by atoms with Crippen molar-refractivity contribution in [1.29, 1.82) is 0 Å². The topological polar surface area (TPSA) is 104 Å². The Morgan fingerprint density at radius 2 is 1.97 bits per heavy atom. The van der Waals surface area contributed by atoms with Crippen molar-refractivity contribution < 1.29 is 12.8 Å². The Bertz CT molecular complexity index is 1490. The molecule has 11 heteroatoms. The molecule has 0 saturated carbocycles. The monoisotopic (exact) mass is 470 g/mol. The average molecular weight is 471 g/mol. The molecule has 2 aromatic carbocycles. The molecular weight excluding hydrogens is 455 g/mol. The first-order chi connectivity index (χ1) is 15.4. The summed E-state index contributed by atoms with van der Waals surface area (Å²) in [6, 6.07) is 9.71. The highest BCUT2D eigenvalue weighted by atomic mass is 35.5. The molecule has 1 aliphatic rings. The third kappa shape index (κ3) is 3.28. The molecule has 2 aromatic heterocycles. The number of fused-ring (bicyclic) bond motifs is 2. The van der Waals surface area contributed by atoms with Crippen molar-refractivity contribution in [2.24, 2.45) is 0 Å². The van der Waals surface area contributed by atoms with Crippen LogP contribution in [0.1, 0.15) is 12.5 Å². The highest BCUT2D eigenvalue weighted by molar-refractivity contribution is 7.93. The van der Waals surface area contributed by atoms with E-state index in [0.29, 0.717) is 28.2 Å². The van der Waals surface area contributed by atoms with Crippen molar-refractivity contribution in [2.75, 3.05) is 9.62 Å². The van der Waals surface area contributed by atoms with Gasteiger partial charge in [0.2, 0.25) is 0 Å². The van der Waals surface area contributed by atoms with E-state index in [1.54, 1.807) is 25.1 Å². The largest absolute Gasteiger partial charge is 0.360 e. The number of anilines is 2. The number of aromatic nitrogens is 4. The van der Waals surface area contributed by atoms with Gasteiger partial charge in [-0.25, -0.2) is 32.1 Å². The molecule has 1 aliphatic heterocycles. The molecule has 32 heavy (non-hydrogen) atoms. The van der Waals surface area contributed by atoms with Gasteiger partial charge >= 0.3 is 0 Å². The molecule has 0 amide bonds. The van der Waals surface area contributed by atoms with Gasteiger partial charge in [-0.15, -0.1) is 0 Å². The maximum absolute atomic E-state index is 14.1. The predicted octanol–water partition coefficient (Wildman–Crippen LogP) is 4.20. The summed E-state index contributed by atoms with van der Waals surface area (Å²) in [5.41, 5.74) is 2.03. The molecular formula is C21H16ClFN6O2S. The third-order valence-electron chi connectivity index (χ3n) is 5.10. The van der Waals surface area contributed by atoms with Crippen LogP contribution in [0.4, 0.5) is 15.9 Å². The van der Waals surface area contributed by atoms with Gasteiger partial charge in [0, 0.05) is 0 Å². The SMILES string of the molecule is CC(Nc1ncnc2nc[nH]c12)C1=Cc2cccc(Cl)c2S(=O)(=O)N1c1cccc(F)c1. The van der Waals surface area contributed by atoms with E-state index in [0.717, 1.165) is 10.4 Å². The minimum atomic E-state index is -4.13. The van der Waals surface area contributed by atoms with Crippen LogP contribution in [-0.2, 0) is 10.0 Å². The van der Waals surface area contributed by atoms with Crippen LogP contribution in [0.2, 0.25) is 5.02 Å². The Morgan fingerprint density at radius 3 is 2.78 bits per heavy atom. The minimum Gasteiger partial charge on any atom is -0.360 e. The van der Waals surface area contributed by atoms with Crippen LogP contribution < -0.4 is 9.62 Å². The second kappa shape index (κ2) is 7.57. The second-order valence-corrected chi connectivity index (χ2v) is 9.30. The fourth-order valence-electron chi connectivity index (χ4n) is 3.70. The summed E-state index contributed by atoms with van der Waals surface area (Å²) >= 11 is 6.27. The van der Waals surface area contributed by atoms with Gasteiger partial charge in [0.1, 0.15) is 22.6 Å². The van der Waals surface area contributed by atoms with E-state index in [9.17, 15) is 12.8 Å². The van der Waals surface area contributed by atoms with Gasteiger partial charge in [-0.2, -0.15) is 0 Å². The zero-order chi connectivity index (χ0) is 22.5. The van der Waals surface area contributed by atoms with Gasteiger partial charge in [-0.05, 0) is 42.8 Å². The van der Waals surface area contributed by atoms with Gasteiger partial charge in [0.25, 0.3) is 10.0 Å². The lowest BCUT2D eigenvalue weighted by Gasteiger charge is -2.34. The highest BCUT2D eigenvalue weighted by Crippen LogP contribution is 2.40. The molecule has 5 rings (SSSR count). The van der Waals surface area contributed by atoms with Crippen LogP contribution in [0.25, 0.3) is 17.2 Å². The number of sulfonamides is 1. The lowest BCUT2D eigenvalue weighted by Crippen LogP contribution is -2.40. The van der Waals surface area contributed by atoms with E-state index in [1.165, 1.54) is 36.9 Å². The number of hydrogen-bond donors (Lipinski definition) is 2. The van der Waals surface area contributed by atoms with Crippen LogP contribution in [-0.4, -0.2) is 34.4 Å². The third-order valence-corrected chi connectivity index (χ3v) is 7.40. The molecule has 0 fully saturated rings. The van der Waals surface area contributed by atoms with Crippen molar-refractivity contribution in [3.8, 4) is 0 Å². The van der Waals surface area contributed by atoms with Crippen LogP contribution in [0.5, 0.6) is 0 Å². The number of halogens is 2. The summed E-state index contributed by atoms with van der Waals surface area (Å²) in [7, 11) is -4.13. The molecule has 4 aromatic rings. The Hall–Kier alpha value is -3.50. The van der Waals surface area contributed by atoms with Crippen molar-refractivity contribution in [1.82, 2.24) is 19.9 Å². The summed E-state index contributed by atoms with van der Waals surface area (Å²) in [5.74, 6) is -0.105. The van der Waals surface area contributed by atoms with Crippen LogP contribution in [0.15, 0.2) is 65.7 Å². The summed E-state index contributed by atoms with van der Waals surface area (Å²) in [5, 5.41) is 3.31. The average Bonchev–Trinajstić information content (AvgIpc) is 3.23. The van der Waals surface area contributed by atoms with E-state index in [2.05, 4.69) is 25.3 Å².